The fourth-order valence-electron chi connectivity index (χ4n) is 2.29. The monoisotopic (exact) mass is 279 g/mol. The first-order chi connectivity index (χ1) is 9.70. The average molecular weight is 279 g/mol. The minimum Gasteiger partial charge on any atom is -0.378 e. The third kappa shape index (κ3) is 3.91. The number of likely N-dealkylation sites (tertiary alicyclic amines) is 1. The molecule has 6 nitrogen and oxygen atoms in total. The number of carbonyl (C=O) groups is 1. The van der Waals surface area contributed by atoms with Crippen molar-refractivity contribution in [2.24, 2.45) is 5.73 Å². The average Bonchev–Trinajstić information content (AvgIpc) is 2.48. The van der Waals surface area contributed by atoms with Gasteiger partial charge in [-0.1, -0.05) is 0 Å². The Morgan fingerprint density at radius 2 is 2.15 bits per heavy atom. The molecule has 0 unspecified atom stereocenters. The van der Waals surface area contributed by atoms with E-state index in [0.29, 0.717) is 31.8 Å². The summed E-state index contributed by atoms with van der Waals surface area (Å²) in [7, 11) is 0. The van der Waals surface area contributed by atoms with Crippen LogP contribution in [0.15, 0.2) is 23.1 Å². The highest BCUT2D eigenvalue weighted by Crippen LogP contribution is 2.16. The van der Waals surface area contributed by atoms with Crippen LogP contribution in [0.25, 0.3) is 0 Å². The molecule has 1 amide bonds. The van der Waals surface area contributed by atoms with Gasteiger partial charge in [0.05, 0.1) is 11.7 Å². The largest absolute Gasteiger partial charge is 0.378 e. The van der Waals surface area contributed by atoms with Crippen LogP contribution in [-0.4, -0.2) is 48.1 Å². The van der Waals surface area contributed by atoms with Crippen LogP contribution < -0.4 is 11.3 Å². The number of hydrogen-bond acceptors (Lipinski definition) is 4. The number of nitrogens with one attached hydrogen (secondary N) is 1. The molecular formula is C14H21N3O3. The van der Waals surface area contributed by atoms with Crippen LogP contribution in [0.1, 0.15) is 29.6 Å². The molecule has 0 atom stereocenters. The van der Waals surface area contributed by atoms with Crippen LogP contribution in [0.2, 0.25) is 0 Å². The van der Waals surface area contributed by atoms with Crippen LogP contribution in [0, 0.1) is 0 Å². The van der Waals surface area contributed by atoms with E-state index in [2.05, 4.69) is 4.98 Å². The van der Waals surface area contributed by atoms with Gasteiger partial charge in [0.1, 0.15) is 0 Å². The molecule has 110 valence electrons. The van der Waals surface area contributed by atoms with E-state index in [-0.39, 0.29) is 17.6 Å². The zero-order chi connectivity index (χ0) is 14.4. The molecule has 1 aliphatic rings. The molecule has 0 aliphatic carbocycles. The van der Waals surface area contributed by atoms with Crippen LogP contribution in [0.3, 0.4) is 0 Å². The SMILES string of the molecule is NCCCOC1CCN(C(=O)c2ccc(=O)[nH]c2)CC1. The summed E-state index contributed by atoms with van der Waals surface area (Å²) in [6, 6.07) is 2.93. The Kier molecular flexibility index (Phi) is 5.31. The third-order valence-electron chi connectivity index (χ3n) is 3.46. The maximum atomic E-state index is 12.2. The summed E-state index contributed by atoms with van der Waals surface area (Å²) in [5, 5.41) is 0. The Balaban J connectivity index is 1.82. The summed E-state index contributed by atoms with van der Waals surface area (Å²) in [6.07, 6.45) is 4.26. The van der Waals surface area contributed by atoms with Crippen LogP contribution in [0.4, 0.5) is 0 Å². The fraction of sp³-hybridized carbons (Fsp3) is 0.571. The molecule has 0 bridgehead atoms. The van der Waals surface area contributed by atoms with Gasteiger partial charge < -0.3 is 20.4 Å². The fourth-order valence-corrected chi connectivity index (χ4v) is 2.29. The minimum absolute atomic E-state index is 0.0401. The molecule has 20 heavy (non-hydrogen) atoms. The number of amides is 1. The van der Waals surface area contributed by atoms with Gasteiger partial charge in [0.15, 0.2) is 0 Å². The Labute approximate surface area is 117 Å². The van der Waals surface area contributed by atoms with E-state index in [9.17, 15) is 9.59 Å². The maximum absolute atomic E-state index is 12.2. The van der Waals surface area contributed by atoms with Gasteiger partial charge in [-0.2, -0.15) is 0 Å². The van der Waals surface area contributed by atoms with Crippen molar-refractivity contribution < 1.29 is 9.53 Å². The topological polar surface area (TPSA) is 88.4 Å². The molecule has 1 aromatic heterocycles. The first-order valence-corrected chi connectivity index (χ1v) is 7.00. The molecule has 3 N–H and O–H groups in total. The molecule has 1 aliphatic heterocycles. The smallest absolute Gasteiger partial charge is 0.255 e. The van der Waals surface area contributed by atoms with Gasteiger partial charge in [-0.15, -0.1) is 0 Å². The standard InChI is InChI=1S/C14H21N3O3/c15-6-1-9-20-12-4-7-17(8-5-12)14(19)11-2-3-13(18)16-10-11/h2-3,10,12H,1,4-9,15H2,(H,16,18). The van der Waals surface area contributed by atoms with Crippen molar-refractivity contribution in [3.8, 4) is 0 Å². The van der Waals surface area contributed by atoms with Crippen LogP contribution >= 0.6 is 0 Å². The Hall–Kier alpha value is -1.66. The van der Waals surface area contributed by atoms with Gasteiger partial charge >= 0.3 is 0 Å². The number of aromatic nitrogens is 1. The van der Waals surface area contributed by atoms with Crippen molar-refractivity contribution in [2.45, 2.75) is 25.4 Å². The van der Waals surface area contributed by atoms with E-state index in [1.165, 1.54) is 12.3 Å². The molecule has 0 aromatic carbocycles. The highest BCUT2D eigenvalue weighted by atomic mass is 16.5. The lowest BCUT2D eigenvalue weighted by Crippen LogP contribution is -2.41. The number of H-pyrrole nitrogens is 1. The molecule has 1 fully saturated rings. The van der Waals surface area contributed by atoms with E-state index in [1.54, 1.807) is 11.0 Å². The Bertz CT molecular complexity index is 472. The number of hydrogen-bond donors (Lipinski definition) is 2. The summed E-state index contributed by atoms with van der Waals surface area (Å²) in [4.78, 5) is 27.5. The van der Waals surface area contributed by atoms with E-state index >= 15 is 0 Å². The van der Waals surface area contributed by atoms with E-state index < -0.39 is 0 Å². The van der Waals surface area contributed by atoms with E-state index in [0.717, 1.165) is 19.3 Å². The molecule has 2 heterocycles. The summed E-state index contributed by atoms with van der Waals surface area (Å²) >= 11 is 0. The zero-order valence-corrected chi connectivity index (χ0v) is 11.5. The number of nitrogens with zero attached hydrogens (tertiary/aromatic N) is 1. The normalized spacial score (nSPS) is 16.4. The molecule has 1 saturated heterocycles. The number of carbonyl (C=O) groups excluding carboxylic acids is 1. The maximum Gasteiger partial charge on any atom is 0.255 e. The molecule has 6 heteroatoms. The summed E-state index contributed by atoms with van der Waals surface area (Å²) in [5.74, 6) is -0.0401. The summed E-state index contributed by atoms with van der Waals surface area (Å²) in [5.41, 5.74) is 5.74. The highest BCUT2D eigenvalue weighted by molar-refractivity contribution is 5.93. The predicted octanol–water partition coefficient (Wildman–Crippen LogP) is 0.345. The first kappa shape index (κ1) is 14.7. The van der Waals surface area contributed by atoms with E-state index in [1.807, 2.05) is 0 Å². The van der Waals surface area contributed by atoms with Gasteiger partial charge in [-0.3, -0.25) is 9.59 Å². The number of ether oxygens (including phenoxy) is 1. The highest BCUT2D eigenvalue weighted by Gasteiger charge is 2.23. The number of pyridine rings is 1. The lowest BCUT2D eigenvalue weighted by Gasteiger charge is -2.32. The molecule has 1 aromatic rings. The Morgan fingerprint density at radius 3 is 2.75 bits per heavy atom. The molecular weight excluding hydrogens is 258 g/mol. The van der Waals surface area contributed by atoms with Crippen molar-refractivity contribution in [3.63, 3.8) is 0 Å². The van der Waals surface area contributed by atoms with Gasteiger partial charge in [-0.25, -0.2) is 0 Å². The Morgan fingerprint density at radius 1 is 1.40 bits per heavy atom. The molecule has 2 rings (SSSR count). The lowest BCUT2D eigenvalue weighted by atomic mass is 10.1. The second-order valence-electron chi connectivity index (χ2n) is 4.95. The van der Waals surface area contributed by atoms with Gasteiger partial charge in [0, 0.05) is 32.0 Å². The van der Waals surface area contributed by atoms with Gasteiger partial charge in [-0.05, 0) is 31.9 Å². The number of nitrogens with two attached hydrogens (primary N) is 1. The summed E-state index contributed by atoms with van der Waals surface area (Å²) < 4.78 is 5.71. The van der Waals surface area contributed by atoms with Crippen molar-refractivity contribution in [1.82, 2.24) is 9.88 Å². The zero-order valence-electron chi connectivity index (χ0n) is 11.5. The lowest BCUT2D eigenvalue weighted by molar-refractivity contribution is 0.00843. The van der Waals surface area contributed by atoms with Gasteiger partial charge in [0.25, 0.3) is 5.91 Å². The summed E-state index contributed by atoms with van der Waals surface area (Å²) in [6.45, 7) is 2.70. The second-order valence-corrected chi connectivity index (χ2v) is 4.95. The van der Waals surface area contributed by atoms with Crippen molar-refractivity contribution in [2.75, 3.05) is 26.2 Å². The predicted molar refractivity (Wildman–Crippen MR) is 75.6 cm³/mol. The number of aromatic amines is 1. The number of rotatable bonds is 5. The van der Waals surface area contributed by atoms with Gasteiger partial charge in [0.2, 0.25) is 5.56 Å². The third-order valence-corrected chi connectivity index (χ3v) is 3.46. The minimum atomic E-state index is -0.200. The number of piperidine rings is 1. The molecule has 0 radical (unpaired) electrons. The quantitative estimate of drug-likeness (QED) is 0.761. The van der Waals surface area contributed by atoms with E-state index in [4.69, 9.17) is 10.5 Å². The van der Waals surface area contributed by atoms with Crippen LogP contribution in [-0.2, 0) is 4.74 Å². The first-order valence-electron chi connectivity index (χ1n) is 7.00. The van der Waals surface area contributed by atoms with Crippen molar-refractivity contribution in [1.29, 1.82) is 0 Å². The molecule has 0 saturated carbocycles. The molecule has 0 spiro atoms. The van der Waals surface area contributed by atoms with Crippen molar-refractivity contribution in [3.05, 3.63) is 34.2 Å². The second kappa shape index (κ2) is 7.21. The van der Waals surface area contributed by atoms with Crippen molar-refractivity contribution >= 4 is 5.91 Å². The van der Waals surface area contributed by atoms with Crippen LogP contribution in [0.5, 0.6) is 0 Å².